The van der Waals surface area contributed by atoms with E-state index in [0.717, 1.165) is 83.8 Å². The SMILES string of the molecule is CCCCC/C=C\C/C=C\CCCCCCCC(=O)OCC(COC(=O)CC12CC(C[C@@H](C)C1)C[C@H](C)C2)COC(=O)OCCCN(CC)CC. The van der Waals surface area contributed by atoms with Gasteiger partial charge < -0.3 is 23.8 Å². The van der Waals surface area contributed by atoms with E-state index in [1.165, 1.54) is 44.9 Å². The number of nitrogens with zero attached hydrogens (tertiary/aromatic N) is 1. The minimum absolute atomic E-state index is 0.0199. The number of fused-ring (bicyclic) bond motifs is 2. The lowest BCUT2D eigenvalue weighted by molar-refractivity contribution is -0.153. The fourth-order valence-corrected chi connectivity index (χ4v) is 8.41. The number of unbranched alkanes of at least 4 members (excludes halogenated alkanes) is 8. The number of hydrogen-bond acceptors (Lipinski definition) is 8. The van der Waals surface area contributed by atoms with E-state index in [2.05, 4.69) is 63.8 Å². The van der Waals surface area contributed by atoms with Crippen molar-refractivity contribution in [3.05, 3.63) is 24.3 Å². The summed E-state index contributed by atoms with van der Waals surface area (Å²) in [6.45, 7) is 14.1. The second-order valence-corrected chi connectivity index (χ2v) is 15.8. The van der Waals surface area contributed by atoms with Crippen LogP contribution in [0, 0.1) is 29.1 Å². The number of allylic oxidation sites excluding steroid dienone is 4. The van der Waals surface area contributed by atoms with Crippen LogP contribution in [0.25, 0.3) is 0 Å². The van der Waals surface area contributed by atoms with Crippen molar-refractivity contribution in [3.63, 3.8) is 0 Å². The molecule has 3 unspecified atom stereocenters. The first-order chi connectivity index (χ1) is 24.7. The smallest absolute Gasteiger partial charge is 0.465 e. The molecule has 2 rings (SSSR count). The Kier molecular flexibility index (Phi) is 24.0. The van der Waals surface area contributed by atoms with Gasteiger partial charge in [0.2, 0.25) is 0 Å². The number of carbonyl (C=O) groups is 3. The monoisotopic (exact) mass is 718 g/mol. The molecule has 2 fully saturated rings. The summed E-state index contributed by atoms with van der Waals surface area (Å²) in [5, 5.41) is 0. The molecule has 0 aromatic rings. The minimum Gasteiger partial charge on any atom is -0.465 e. The Hall–Kier alpha value is -2.35. The van der Waals surface area contributed by atoms with Crippen molar-refractivity contribution >= 4 is 18.1 Å². The molecule has 0 amide bonds. The zero-order chi connectivity index (χ0) is 37.2. The maximum absolute atomic E-state index is 13.2. The van der Waals surface area contributed by atoms with Gasteiger partial charge >= 0.3 is 18.1 Å². The normalized spacial score (nSPS) is 22.4. The van der Waals surface area contributed by atoms with Crippen LogP contribution >= 0.6 is 0 Å². The number of hydrogen-bond donors (Lipinski definition) is 0. The van der Waals surface area contributed by atoms with Crippen LogP contribution in [0.15, 0.2) is 24.3 Å². The lowest BCUT2D eigenvalue weighted by Crippen LogP contribution is -2.41. The first-order valence-electron chi connectivity index (χ1n) is 20.8. The van der Waals surface area contributed by atoms with Gasteiger partial charge in [-0.15, -0.1) is 0 Å². The molecular weight excluding hydrogens is 642 g/mol. The van der Waals surface area contributed by atoms with Crippen LogP contribution < -0.4 is 0 Å². The van der Waals surface area contributed by atoms with Crippen molar-refractivity contribution < 1.29 is 33.3 Å². The Morgan fingerprint density at radius 1 is 0.686 bits per heavy atom. The summed E-state index contributed by atoms with van der Waals surface area (Å²) in [4.78, 5) is 40.4. The summed E-state index contributed by atoms with van der Waals surface area (Å²) in [6, 6.07) is 0. The van der Waals surface area contributed by atoms with Gasteiger partial charge in [0.1, 0.15) is 19.8 Å². The predicted octanol–water partition coefficient (Wildman–Crippen LogP) is 10.6. The van der Waals surface area contributed by atoms with E-state index in [1.807, 2.05) is 0 Å². The van der Waals surface area contributed by atoms with Crippen molar-refractivity contribution in [2.24, 2.45) is 29.1 Å². The third-order valence-corrected chi connectivity index (χ3v) is 10.7. The summed E-state index contributed by atoms with van der Waals surface area (Å²) in [5.41, 5.74) is 0.0199. The lowest BCUT2D eigenvalue weighted by atomic mass is 9.56. The molecule has 294 valence electrons. The van der Waals surface area contributed by atoms with Crippen LogP contribution in [0.5, 0.6) is 0 Å². The molecule has 8 nitrogen and oxygen atoms in total. The fraction of sp³-hybridized carbons (Fsp3) is 0.837. The van der Waals surface area contributed by atoms with Crippen molar-refractivity contribution in [3.8, 4) is 0 Å². The molecule has 2 saturated carbocycles. The summed E-state index contributed by atoms with van der Waals surface area (Å²) < 4.78 is 22.1. The summed E-state index contributed by atoms with van der Waals surface area (Å²) in [5.74, 6) is 1.02. The third-order valence-electron chi connectivity index (χ3n) is 10.7. The van der Waals surface area contributed by atoms with Gasteiger partial charge in [0.15, 0.2) is 0 Å². The van der Waals surface area contributed by atoms with E-state index in [4.69, 9.17) is 18.9 Å². The van der Waals surface area contributed by atoms with E-state index in [0.29, 0.717) is 30.6 Å². The number of ether oxygens (including phenoxy) is 4. The zero-order valence-corrected chi connectivity index (χ0v) is 33.3. The molecule has 51 heavy (non-hydrogen) atoms. The molecule has 0 spiro atoms. The quantitative estimate of drug-likeness (QED) is 0.0342. The van der Waals surface area contributed by atoms with Gasteiger partial charge in [0.05, 0.1) is 18.9 Å². The Bertz CT molecular complexity index is 987. The van der Waals surface area contributed by atoms with E-state index in [1.54, 1.807) is 0 Å². The molecule has 0 aromatic carbocycles. The van der Waals surface area contributed by atoms with E-state index in [9.17, 15) is 14.4 Å². The molecule has 0 N–H and O–H groups in total. The van der Waals surface area contributed by atoms with Gasteiger partial charge in [-0.25, -0.2) is 4.79 Å². The molecule has 0 radical (unpaired) electrons. The van der Waals surface area contributed by atoms with Crippen LogP contribution in [-0.2, 0) is 28.5 Å². The van der Waals surface area contributed by atoms with Crippen LogP contribution in [0.4, 0.5) is 4.79 Å². The maximum atomic E-state index is 13.2. The van der Waals surface area contributed by atoms with E-state index >= 15 is 0 Å². The zero-order valence-electron chi connectivity index (χ0n) is 33.3. The molecule has 2 aliphatic rings. The van der Waals surface area contributed by atoms with Gasteiger partial charge in [-0.3, -0.25) is 9.59 Å². The molecule has 0 heterocycles. The molecule has 0 saturated heterocycles. The van der Waals surface area contributed by atoms with E-state index in [-0.39, 0.29) is 43.8 Å². The molecule has 8 heteroatoms. The van der Waals surface area contributed by atoms with Crippen molar-refractivity contribution in [2.75, 3.05) is 46.1 Å². The summed E-state index contributed by atoms with van der Waals surface area (Å²) >= 11 is 0. The highest BCUT2D eigenvalue weighted by Crippen LogP contribution is 2.54. The van der Waals surface area contributed by atoms with Crippen LogP contribution in [-0.4, -0.2) is 69.1 Å². The lowest BCUT2D eigenvalue weighted by Gasteiger charge is -2.49. The van der Waals surface area contributed by atoms with Gasteiger partial charge in [0.25, 0.3) is 0 Å². The van der Waals surface area contributed by atoms with Crippen LogP contribution in [0.1, 0.15) is 157 Å². The Morgan fingerprint density at radius 2 is 1.27 bits per heavy atom. The predicted molar refractivity (Wildman–Crippen MR) is 206 cm³/mol. The van der Waals surface area contributed by atoms with E-state index < -0.39 is 12.1 Å². The van der Waals surface area contributed by atoms with Crippen molar-refractivity contribution in [1.82, 2.24) is 4.90 Å². The maximum Gasteiger partial charge on any atom is 0.508 e. The highest BCUT2D eigenvalue weighted by molar-refractivity contribution is 5.70. The van der Waals surface area contributed by atoms with Gasteiger partial charge in [-0.2, -0.15) is 0 Å². The standard InChI is InChI=1S/C43H75NO7/c1-6-9-10-11-12-13-14-15-16-17-18-19-20-21-22-24-40(45)49-33-39(35-51-42(47)48-26-23-25-44(7-2)8-3)34-50-41(46)32-43-29-36(4)27-38(31-43)28-37(5)30-43/h12-13,15-16,36-39H,6-11,14,17-35H2,1-5H3/b13-12-,16-15-/t36-,37+,38?,39?,43?. The average molecular weight is 718 g/mol. The number of rotatable bonds is 28. The number of carbonyl (C=O) groups excluding carboxylic acids is 3. The van der Waals surface area contributed by atoms with Crippen LogP contribution in [0.2, 0.25) is 0 Å². The third kappa shape index (κ3) is 21.1. The van der Waals surface area contributed by atoms with Gasteiger partial charge in [0, 0.05) is 13.0 Å². The fourth-order valence-electron chi connectivity index (χ4n) is 8.41. The Labute approximate surface area is 311 Å². The largest absolute Gasteiger partial charge is 0.508 e. The topological polar surface area (TPSA) is 91.4 Å². The Balaban J connectivity index is 1.71. The summed E-state index contributed by atoms with van der Waals surface area (Å²) in [7, 11) is 0. The molecule has 5 atom stereocenters. The van der Waals surface area contributed by atoms with Crippen molar-refractivity contribution in [2.45, 2.75) is 157 Å². The molecule has 0 aromatic heterocycles. The van der Waals surface area contributed by atoms with Crippen molar-refractivity contribution in [1.29, 1.82) is 0 Å². The average Bonchev–Trinajstić information content (AvgIpc) is 3.08. The molecule has 2 aliphatic carbocycles. The summed E-state index contributed by atoms with van der Waals surface area (Å²) in [6.07, 6.45) is 28.0. The highest BCUT2D eigenvalue weighted by atomic mass is 16.7. The molecular formula is C43H75NO7. The first-order valence-corrected chi connectivity index (χ1v) is 20.8. The number of esters is 2. The van der Waals surface area contributed by atoms with Crippen LogP contribution in [0.3, 0.4) is 0 Å². The second-order valence-electron chi connectivity index (χ2n) is 15.8. The Morgan fingerprint density at radius 3 is 1.92 bits per heavy atom. The van der Waals surface area contributed by atoms with Gasteiger partial charge in [-0.1, -0.05) is 91.0 Å². The first kappa shape index (κ1) is 44.8. The molecule has 0 aliphatic heterocycles. The minimum atomic E-state index is -0.750. The second kappa shape index (κ2) is 27.3. The van der Waals surface area contributed by atoms with Gasteiger partial charge in [-0.05, 0) is 113 Å². The highest BCUT2D eigenvalue weighted by Gasteiger charge is 2.45. The molecule has 2 bridgehead atoms.